The maximum atomic E-state index is 13.1. The van der Waals surface area contributed by atoms with E-state index in [-0.39, 0.29) is 17.3 Å². The van der Waals surface area contributed by atoms with Crippen molar-refractivity contribution >= 4 is 23.3 Å². The molecule has 1 aliphatic rings. The number of urea groups is 1. The second-order valence-corrected chi connectivity index (χ2v) is 6.80. The molecule has 0 aliphatic heterocycles. The number of hydrogen-bond acceptors (Lipinski definition) is 2. The molecule has 0 bridgehead atoms. The number of aryl methyl sites for hydroxylation is 1. The van der Waals surface area contributed by atoms with E-state index in [1.165, 1.54) is 19.2 Å². The minimum atomic E-state index is -0.312. The van der Waals surface area contributed by atoms with Crippen LogP contribution in [0.3, 0.4) is 0 Å². The van der Waals surface area contributed by atoms with Crippen LogP contribution in [0.15, 0.2) is 36.4 Å². The zero-order valence-electron chi connectivity index (χ0n) is 14.2. The average Bonchev–Trinajstić information content (AvgIpc) is 3.38. The van der Waals surface area contributed by atoms with Gasteiger partial charge in [-0.05, 0) is 49.1 Å². The molecule has 2 amide bonds. The molecule has 2 N–H and O–H groups in total. The van der Waals surface area contributed by atoms with Crippen LogP contribution in [0.25, 0.3) is 0 Å². The average molecular weight is 363 g/mol. The highest BCUT2D eigenvalue weighted by Crippen LogP contribution is 2.47. The number of carbonyl (C=O) groups is 1. The summed E-state index contributed by atoms with van der Waals surface area (Å²) in [5.41, 5.74) is 2.37. The fourth-order valence-corrected chi connectivity index (χ4v) is 3.02. The van der Waals surface area contributed by atoms with Gasteiger partial charge in [-0.25, -0.2) is 9.18 Å². The van der Waals surface area contributed by atoms with Crippen LogP contribution in [-0.2, 0) is 5.41 Å². The number of benzene rings is 2. The van der Waals surface area contributed by atoms with Crippen molar-refractivity contribution in [3.63, 3.8) is 0 Å². The van der Waals surface area contributed by atoms with E-state index in [1.54, 1.807) is 24.3 Å². The molecule has 25 heavy (non-hydrogen) atoms. The van der Waals surface area contributed by atoms with Crippen LogP contribution in [0.1, 0.15) is 24.0 Å². The van der Waals surface area contributed by atoms with Gasteiger partial charge in [-0.15, -0.1) is 0 Å². The first-order chi connectivity index (χ1) is 11.9. The van der Waals surface area contributed by atoms with E-state index in [1.807, 2.05) is 6.92 Å². The number of methoxy groups -OCH3 is 1. The first kappa shape index (κ1) is 17.5. The molecule has 0 aromatic heterocycles. The van der Waals surface area contributed by atoms with E-state index < -0.39 is 0 Å². The summed E-state index contributed by atoms with van der Waals surface area (Å²) in [6.07, 6.45) is 1.95. The molecule has 4 nitrogen and oxygen atoms in total. The van der Waals surface area contributed by atoms with Crippen LogP contribution >= 0.6 is 11.6 Å². The third-order valence-electron chi connectivity index (χ3n) is 4.63. The van der Waals surface area contributed by atoms with E-state index >= 15 is 0 Å². The Labute approximate surface area is 151 Å². The second kappa shape index (κ2) is 6.92. The Hall–Kier alpha value is -2.27. The summed E-state index contributed by atoms with van der Waals surface area (Å²) in [5.74, 6) is 0.251. The van der Waals surface area contributed by atoms with Gasteiger partial charge >= 0.3 is 6.03 Å². The number of rotatable bonds is 5. The minimum absolute atomic E-state index is 0.0922. The number of carbonyl (C=O) groups excluding carboxylic acids is 1. The first-order valence-electron chi connectivity index (χ1n) is 8.08. The molecule has 0 unspecified atom stereocenters. The molecule has 2 aromatic carbocycles. The highest BCUT2D eigenvalue weighted by molar-refractivity contribution is 6.31. The Morgan fingerprint density at radius 1 is 1.28 bits per heavy atom. The predicted molar refractivity (Wildman–Crippen MR) is 97.1 cm³/mol. The smallest absolute Gasteiger partial charge is 0.319 e. The second-order valence-electron chi connectivity index (χ2n) is 6.40. The fraction of sp³-hybridized carbons (Fsp3) is 0.316. The van der Waals surface area contributed by atoms with E-state index in [9.17, 15) is 9.18 Å². The number of nitrogens with one attached hydrogen (secondary N) is 2. The van der Waals surface area contributed by atoms with E-state index in [4.69, 9.17) is 16.3 Å². The molecule has 0 saturated heterocycles. The van der Waals surface area contributed by atoms with Crippen LogP contribution in [0.5, 0.6) is 5.75 Å². The summed E-state index contributed by atoms with van der Waals surface area (Å²) in [4.78, 5) is 12.3. The summed E-state index contributed by atoms with van der Waals surface area (Å²) >= 11 is 6.07. The lowest BCUT2D eigenvalue weighted by Gasteiger charge is -2.18. The summed E-state index contributed by atoms with van der Waals surface area (Å²) in [6.45, 7) is 2.36. The molecular formula is C19H20ClFN2O2. The monoisotopic (exact) mass is 362 g/mol. The van der Waals surface area contributed by atoms with Crippen molar-refractivity contribution in [3.8, 4) is 5.75 Å². The molecule has 0 heterocycles. The molecule has 6 heteroatoms. The molecule has 132 valence electrons. The Morgan fingerprint density at radius 2 is 1.96 bits per heavy atom. The lowest BCUT2D eigenvalue weighted by atomic mass is 9.96. The van der Waals surface area contributed by atoms with Crippen molar-refractivity contribution in [3.05, 3.63) is 58.4 Å². The summed E-state index contributed by atoms with van der Waals surface area (Å²) < 4.78 is 18.3. The van der Waals surface area contributed by atoms with Crippen molar-refractivity contribution < 1.29 is 13.9 Å². The maximum absolute atomic E-state index is 13.1. The molecule has 1 aliphatic carbocycles. The highest BCUT2D eigenvalue weighted by Gasteiger charge is 2.44. The van der Waals surface area contributed by atoms with Gasteiger partial charge in [-0.1, -0.05) is 23.7 Å². The lowest BCUT2D eigenvalue weighted by molar-refractivity contribution is 0.251. The number of halogens is 2. The zero-order chi connectivity index (χ0) is 18.0. The Kier molecular flexibility index (Phi) is 4.86. The van der Waals surface area contributed by atoms with Gasteiger partial charge in [0, 0.05) is 23.0 Å². The molecule has 1 saturated carbocycles. The van der Waals surface area contributed by atoms with Crippen molar-refractivity contribution in [2.24, 2.45) is 0 Å². The lowest BCUT2D eigenvalue weighted by Crippen LogP contribution is -2.35. The molecule has 0 radical (unpaired) electrons. The van der Waals surface area contributed by atoms with Gasteiger partial charge in [0.25, 0.3) is 0 Å². The normalized spacial score (nSPS) is 14.7. The SMILES string of the molecule is COc1cc(Cl)c(C)cc1NC(=O)NCC1(c2ccc(F)cc2)CC1. The third-order valence-corrected chi connectivity index (χ3v) is 5.03. The van der Waals surface area contributed by atoms with Gasteiger partial charge in [0.2, 0.25) is 0 Å². The van der Waals surface area contributed by atoms with Crippen LogP contribution in [0, 0.1) is 12.7 Å². The predicted octanol–water partition coefficient (Wildman–Crippen LogP) is 4.65. The van der Waals surface area contributed by atoms with Crippen molar-refractivity contribution in [1.82, 2.24) is 5.32 Å². The van der Waals surface area contributed by atoms with Crippen LogP contribution < -0.4 is 15.4 Å². The fourth-order valence-electron chi connectivity index (χ4n) is 2.87. The summed E-state index contributed by atoms with van der Waals surface area (Å²) in [5, 5.41) is 6.28. The van der Waals surface area contributed by atoms with E-state index in [0.717, 1.165) is 24.0 Å². The molecule has 2 aromatic rings. The van der Waals surface area contributed by atoms with Gasteiger partial charge in [-0.2, -0.15) is 0 Å². The van der Waals surface area contributed by atoms with Gasteiger partial charge in [0.05, 0.1) is 12.8 Å². The van der Waals surface area contributed by atoms with Crippen LogP contribution in [0.2, 0.25) is 5.02 Å². The van der Waals surface area contributed by atoms with Gasteiger partial charge in [-0.3, -0.25) is 0 Å². The topological polar surface area (TPSA) is 50.4 Å². The van der Waals surface area contributed by atoms with Gasteiger partial charge < -0.3 is 15.4 Å². The van der Waals surface area contributed by atoms with E-state index in [2.05, 4.69) is 10.6 Å². The summed E-state index contributed by atoms with van der Waals surface area (Å²) in [7, 11) is 1.53. The van der Waals surface area contributed by atoms with Gasteiger partial charge in [0.1, 0.15) is 11.6 Å². The Morgan fingerprint density at radius 3 is 2.56 bits per heavy atom. The number of ether oxygens (including phenoxy) is 1. The number of anilines is 1. The zero-order valence-corrected chi connectivity index (χ0v) is 14.9. The highest BCUT2D eigenvalue weighted by atomic mass is 35.5. The van der Waals surface area contributed by atoms with Crippen molar-refractivity contribution in [2.45, 2.75) is 25.2 Å². The Bertz CT molecular complexity index is 789. The standard InChI is InChI=1S/C19H20ClFN2O2/c1-12-9-16(17(25-2)10-15(12)20)23-18(24)22-11-19(7-8-19)13-3-5-14(21)6-4-13/h3-6,9-10H,7-8,11H2,1-2H3,(H2,22,23,24). The van der Waals surface area contributed by atoms with Crippen LogP contribution in [0.4, 0.5) is 14.9 Å². The third kappa shape index (κ3) is 3.87. The number of amides is 2. The van der Waals surface area contributed by atoms with Gasteiger partial charge in [0.15, 0.2) is 0 Å². The molecule has 0 atom stereocenters. The first-order valence-corrected chi connectivity index (χ1v) is 8.46. The number of hydrogen-bond donors (Lipinski definition) is 2. The Balaban J connectivity index is 1.64. The largest absolute Gasteiger partial charge is 0.495 e. The van der Waals surface area contributed by atoms with Crippen LogP contribution in [-0.4, -0.2) is 19.7 Å². The molecule has 0 spiro atoms. The molecule has 1 fully saturated rings. The maximum Gasteiger partial charge on any atom is 0.319 e. The van der Waals surface area contributed by atoms with E-state index in [0.29, 0.717) is 23.0 Å². The molecular weight excluding hydrogens is 343 g/mol. The summed E-state index contributed by atoms with van der Waals surface area (Å²) in [6, 6.07) is 9.61. The molecule has 3 rings (SSSR count). The van der Waals surface area contributed by atoms with Crippen molar-refractivity contribution in [1.29, 1.82) is 0 Å². The quantitative estimate of drug-likeness (QED) is 0.813. The minimum Gasteiger partial charge on any atom is -0.495 e. The van der Waals surface area contributed by atoms with Crippen molar-refractivity contribution in [2.75, 3.05) is 19.0 Å².